The van der Waals surface area contributed by atoms with Gasteiger partial charge < -0.3 is 26.6 Å². The van der Waals surface area contributed by atoms with Crippen LogP contribution in [0.25, 0.3) is 0 Å². The van der Waals surface area contributed by atoms with E-state index in [0.29, 0.717) is 11.3 Å². The zero-order valence-electron chi connectivity index (χ0n) is 17.0. The average molecular weight is 403 g/mol. The van der Waals surface area contributed by atoms with Crippen LogP contribution in [0.2, 0.25) is 0 Å². The Balaban J connectivity index is 1.50. The molecule has 3 aromatic rings. The maximum atomic E-state index is 11.7. The maximum absolute atomic E-state index is 11.7. The minimum absolute atomic E-state index is 0.451. The summed E-state index contributed by atoms with van der Waals surface area (Å²) in [7, 11) is 0. The monoisotopic (exact) mass is 402 g/mol. The fraction of sp³-hybridized carbons (Fsp3) is 0.217. The number of hydrogen-bond acceptors (Lipinski definition) is 6. The van der Waals surface area contributed by atoms with Crippen LogP contribution in [0.15, 0.2) is 60.8 Å². The largest absolute Gasteiger partial charge is 0.369 e. The number of piperazine rings is 1. The predicted octanol–water partition coefficient (Wildman–Crippen LogP) is 3.39. The Kier molecular flexibility index (Phi) is 5.81. The van der Waals surface area contributed by atoms with E-state index in [9.17, 15) is 4.79 Å². The van der Waals surface area contributed by atoms with Crippen molar-refractivity contribution >= 4 is 34.5 Å². The van der Waals surface area contributed by atoms with Crippen LogP contribution in [0.4, 0.5) is 28.6 Å². The Morgan fingerprint density at radius 3 is 2.50 bits per heavy atom. The first-order valence-corrected chi connectivity index (χ1v) is 10.1. The van der Waals surface area contributed by atoms with Gasteiger partial charge in [0, 0.05) is 55.5 Å². The number of carbonyl (C=O) groups is 1. The number of benzene rings is 2. The van der Waals surface area contributed by atoms with Crippen molar-refractivity contribution in [2.45, 2.75) is 6.92 Å². The highest BCUT2D eigenvalue weighted by Crippen LogP contribution is 2.27. The van der Waals surface area contributed by atoms with E-state index in [-0.39, 0.29) is 0 Å². The number of nitrogens with two attached hydrogens (primary N) is 1. The molecule has 7 nitrogen and oxygen atoms in total. The quantitative estimate of drug-likeness (QED) is 0.505. The molecule has 7 heteroatoms. The summed E-state index contributed by atoms with van der Waals surface area (Å²) in [5.74, 6) is 0.252. The highest BCUT2D eigenvalue weighted by Gasteiger charge is 2.11. The molecule has 5 N–H and O–H groups in total. The zero-order valence-corrected chi connectivity index (χ0v) is 17.0. The summed E-state index contributed by atoms with van der Waals surface area (Å²) >= 11 is 0. The molecule has 1 amide bonds. The van der Waals surface area contributed by atoms with Gasteiger partial charge >= 0.3 is 0 Å². The van der Waals surface area contributed by atoms with E-state index in [0.717, 1.165) is 48.9 Å². The van der Waals surface area contributed by atoms with Crippen LogP contribution in [-0.2, 0) is 0 Å². The number of amides is 1. The summed E-state index contributed by atoms with van der Waals surface area (Å²) in [6.07, 6.45) is 1.80. The number of nitrogens with one attached hydrogen (secondary N) is 3. The van der Waals surface area contributed by atoms with Gasteiger partial charge in [-0.05, 0) is 48.9 Å². The van der Waals surface area contributed by atoms with Gasteiger partial charge in [-0.3, -0.25) is 4.79 Å². The first-order valence-electron chi connectivity index (χ1n) is 10.1. The molecule has 0 aliphatic carbocycles. The number of nitrogens with zero attached hydrogens (tertiary/aromatic N) is 2. The van der Waals surface area contributed by atoms with Crippen molar-refractivity contribution in [1.29, 1.82) is 0 Å². The van der Waals surface area contributed by atoms with Crippen molar-refractivity contribution < 1.29 is 4.79 Å². The molecule has 0 atom stereocenters. The molecule has 4 rings (SSSR count). The van der Waals surface area contributed by atoms with E-state index >= 15 is 0 Å². The molecular formula is C23H26N6O. The van der Waals surface area contributed by atoms with Gasteiger partial charge in [-0.2, -0.15) is 0 Å². The summed E-state index contributed by atoms with van der Waals surface area (Å²) in [6.45, 7) is 6.04. The van der Waals surface area contributed by atoms with E-state index in [4.69, 9.17) is 5.73 Å². The van der Waals surface area contributed by atoms with Gasteiger partial charge in [-0.25, -0.2) is 4.98 Å². The standard InChI is InChI=1S/C23H26N6O/c1-16-15-26-22(14-21(16)28-20-5-3-2-4-19(20)23(24)30)27-17-6-8-18(9-7-17)29-12-10-25-11-13-29/h2-9,14-15,25H,10-13H2,1H3,(H2,24,30)(H2,26,27,28). The second kappa shape index (κ2) is 8.84. The minimum atomic E-state index is -0.465. The van der Waals surface area contributed by atoms with Crippen molar-refractivity contribution in [3.05, 3.63) is 71.9 Å². The van der Waals surface area contributed by atoms with Gasteiger partial charge in [0.15, 0.2) is 0 Å². The lowest BCUT2D eigenvalue weighted by atomic mass is 10.1. The number of anilines is 5. The lowest BCUT2D eigenvalue weighted by Crippen LogP contribution is -2.43. The van der Waals surface area contributed by atoms with Crippen LogP contribution < -0.4 is 26.6 Å². The van der Waals surface area contributed by atoms with Crippen LogP contribution in [0.1, 0.15) is 15.9 Å². The van der Waals surface area contributed by atoms with E-state index in [1.54, 1.807) is 18.3 Å². The Bertz CT molecular complexity index is 1030. The molecule has 2 aromatic carbocycles. The topological polar surface area (TPSA) is 95.3 Å². The number of carbonyl (C=O) groups excluding carboxylic acids is 1. The van der Waals surface area contributed by atoms with Gasteiger partial charge in [0.1, 0.15) is 5.82 Å². The van der Waals surface area contributed by atoms with Crippen LogP contribution in [0, 0.1) is 6.92 Å². The summed E-state index contributed by atoms with van der Waals surface area (Å²) in [5, 5.41) is 10.0. The fourth-order valence-corrected chi connectivity index (χ4v) is 3.51. The summed E-state index contributed by atoms with van der Waals surface area (Å²) in [4.78, 5) is 18.6. The maximum Gasteiger partial charge on any atom is 0.250 e. The lowest BCUT2D eigenvalue weighted by molar-refractivity contribution is 0.100. The number of pyridine rings is 1. The number of primary amides is 1. The summed E-state index contributed by atoms with van der Waals surface area (Å²) in [5.41, 5.74) is 10.6. The SMILES string of the molecule is Cc1cnc(Nc2ccc(N3CCNCC3)cc2)cc1Nc1ccccc1C(N)=O. The average Bonchev–Trinajstić information content (AvgIpc) is 2.77. The number of hydrogen-bond donors (Lipinski definition) is 4. The molecular weight excluding hydrogens is 376 g/mol. The molecule has 154 valence electrons. The van der Waals surface area contributed by atoms with E-state index < -0.39 is 5.91 Å². The number of aryl methyl sites for hydroxylation is 1. The molecule has 1 aliphatic heterocycles. The van der Waals surface area contributed by atoms with E-state index in [1.165, 1.54) is 5.69 Å². The van der Waals surface area contributed by atoms with Crippen molar-refractivity contribution in [2.24, 2.45) is 5.73 Å². The van der Waals surface area contributed by atoms with Gasteiger partial charge in [0.25, 0.3) is 5.91 Å². The molecule has 1 aromatic heterocycles. The highest BCUT2D eigenvalue weighted by molar-refractivity contribution is 5.99. The third kappa shape index (κ3) is 4.52. The van der Waals surface area contributed by atoms with Gasteiger partial charge in [-0.1, -0.05) is 12.1 Å². The molecule has 0 saturated carbocycles. The van der Waals surface area contributed by atoms with Crippen molar-refractivity contribution in [3.63, 3.8) is 0 Å². The second-order valence-electron chi connectivity index (χ2n) is 7.33. The smallest absolute Gasteiger partial charge is 0.250 e. The molecule has 2 heterocycles. The van der Waals surface area contributed by atoms with Gasteiger partial charge in [-0.15, -0.1) is 0 Å². The molecule has 0 spiro atoms. The third-order valence-electron chi connectivity index (χ3n) is 5.19. The van der Waals surface area contributed by atoms with Crippen LogP contribution in [-0.4, -0.2) is 37.1 Å². The van der Waals surface area contributed by atoms with Crippen LogP contribution in [0.5, 0.6) is 0 Å². The molecule has 30 heavy (non-hydrogen) atoms. The van der Waals surface area contributed by atoms with E-state index in [1.807, 2.05) is 25.1 Å². The second-order valence-corrected chi connectivity index (χ2v) is 7.33. The molecule has 0 radical (unpaired) electrons. The number of aromatic nitrogens is 1. The predicted molar refractivity (Wildman–Crippen MR) is 122 cm³/mol. The highest BCUT2D eigenvalue weighted by atomic mass is 16.1. The fourth-order valence-electron chi connectivity index (χ4n) is 3.51. The van der Waals surface area contributed by atoms with Crippen LogP contribution in [0.3, 0.4) is 0 Å². The molecule has 1 saturated heterocycles. The number of rotatable bonds is 6. The minimum Gasteiger partial charge on any atom is -0.369 e. The normalized spacial score (nSPS) is 13.7. The Hall–Kier alpha value is -3.58. The lowest BCUT2D eigenvalue weighted by Gasteiger charge is -2.29. The van der Waals surface area contributed by atoms with Gasteiger partial charge in [0.05, 0.1) is 11.3 Å². The molecule has 1 fully saturated rings. The first-order chi connectivity index (χ1) is 14.6. The molecule has 0 unspecified atom stereocenters. The summed E-state index contributed by atoms with van der Waals surface area (Å²) in [6, 6.07) is 17.5. The van der Waals surface area contributed by atoms with Crippen LogP contribution >= 0.6 is 0 Å². The molecule has 1 aliphatic rings. The van der Waals surface area contributed by atoms with E-state index in [2.05, 4.69) is 50.1 Å². The number of para-hydroxylation sites is 1. The Morgan fingerprint density at radius 1 is 1.03 bits per heavy atom. The van der Waals surface area contributed by atoms with Crippen molar-refractivity contribution in [1.82, 2.24) is 10.3 Å². The zero-order chi connectivity index (χ0) is 20.9. The Labute approximate surface area is 176 Å². The van der Waals surface area contributed by atoms with Crippen molar-refractivity contribution in [3.8, 4) is 0 Å². The van der Waals surface area contributed by atoms with Gasteiger partial charge in [0.2, 0.25) is 0 Å². The summed E-state index contributed by atoms with van der Waals surface area (Å²) < 4.78 is 0. The molecule has 0 bridgehead atoms. The first kappa shape index (κ1) is 19.7. The van der Waals surface area contributed by atoms with Crippen molar-refractivity contribution in [2.75, 3.05) is 41.7 Å². The Morgan fingerprint density at radius 2 is 1.77 bits per heavy atom. The third-order valence-corrected chi connectivity index (χ3v) is 5.19.